The van der Waals surface area contributed by atoms with Gasteiger partial charge < -0.3 is 20.2 Å². The van der Waals surface area contributed by atoms with Crippen LogP contribution in [0.1, 0.15) is 10.4 Å². The van der Waals surface area contributed by atoms with E-state index in [9.17, 15) is 19.1 Å². The van der Waals surface area contributed by atoms with Crippen LogP contribution in [0, 0.1) is 5.82 Å². The number of fused-ring (bicyclic) bond motifs is 1. The lowest BCUT2D eigenvalue weighted by molar-refractivity contribution is -0.134. The number of hydrogen-bond donors (Lipinski definition) is 2. The summed E-state index contributed by atoms with van der Waals surface area (Å²) in [6.45, 7) is 1.62. The number of amides is 2. The molecule has 7 heteroatoms. The Balaban J connectivity index is 1.37. The van der Waals surface area contributed by atoms with Gasteiger partial charge in [0.2, 0.25) is 5.91 Å². The molecule has 0 aromatic heterocycles. The third-order valence-corrected chi connectivity index (χ3v) is 5.58. The summed E-state index contributed by atoms with van der Waals surface area (Å²) in [6.07, 6.45) is 0. The number of nitrogens with one attached hydrogen (secondary N) is 1. The number of aliphatic hydroxyl groups excluding tert-OH is 1. The summed E-state index contributed by atoms with van der Waals surface area (Å²) in [7, 11) is 0. The van der Waals surface area contributed by atoms with E-state index in [1.54, 1.807) is 29.2 Å². The molecule has 0 spiro atoms. The van der Waals surface area contributed by atoms with Crippen LogP contribution in [0.4, 0.5) is 10.1 Å². The van der Waals surface area contributed by atoms with Gasteiger partial charge in [0.1, 0.15) is 11.9 Å². The smallest absolute Gasteiger partial charge is 0.252 e. The summed E-state index contributed by atoms with van der Waals surface area (Å²) in [5.41, 5.74) is 1.34. The summed E-state index contributed by atoms with van der Waals surface area (Å²) in [5, 5.41) is 14.4. The van der Waals surface area contributed by atoms with Gasteiger partial charge in [0.15, 0.2) is 0 Å². The van der Waals surface area contributed by atoms with Crippen LogP contribution in [-0.2, 0) is 4.79 Å². The van der Waals surface area contributed by atoms with E-state index >= 15 is 0 Å². The molecule has 160 valence electrons. The van der Waals surface area contributed by atoms with Gasteiger partial charge in [-0.25, -0.2) is 4.39 Å². The third-order valence-electron chi connectivity index (χ3n) is 5.58. The van der Waals surface area contributed by atoms with Crippen molar-refractivity contribution in [1.29, 1.82) is 0 Å². The lowest BCUT2D eigenvalue weighted by Crippen LogP contribution is -2.56. The molecule has 1 atom stereocenters. The summed E-state index contributed by atoms with van der Waals surface area (Å²) >= 11 is 0. The van der Waals surface area contributed by atoms with Crippen LogP contribution in [-0.4, -0.2) is 60.6 Å². The number of piperazine rings is 1. The molecule has 0 bridgehead atoms. The Morgan fingerprint density at radius 1 is 0.935 bits per heavy atom. The lowest BCUT2D eigenvalue weighted by Gasteiger charge is -2.37. The number of halogens is 1. The molecular formula is C24H24FN3O3. The Morgan fingerprint density at radius 3 is 2.29 bits per heavy atom. The zero-order valence-corrected chi connectivity index (χ0v) is 17.0. The molecule has 1 heterocycles. The first-order chi connectivity index (χ1) is 15.0. The molecule has 3 aromatic carbocycles. The van der Waals surface area contributed by atoms with Crippen molar-refractivity contribution in [3.8, 4) is 0 Å². The fourth-order valence-corrected chi connectivity index (χ4v) is 3.81. The molecule has 6 nitrogen and oxygen atoms in total. The highest BCUT2D eigenvalue weighted by Crippen LogP contribution is 2.18. The first kappa shape index (κ1) is 20.8. The monoisotopic (exact) mass is 421 g/mol. The van der Waals surface area contributed by atoms with Crippen LogP contribution in [0.5, 0.6) is 0 Å². The van der Waals surface area contributed by atoms with E-state index in [-0.39, 0.29) is 11.7 Å². The second-order valence-electron chi connectivity index (χ2n) is 7.56. The molecular weight excluding hydrogens is 397 g/mol. The van der Waals surface area contributed by atoms with Crippen LogP contribution < -0.4 is 10.2 Å². The van der Waals surface area contributed by atoms with Crippen molar-refractivity contribution < 1.29 is 19.1 Å². The number of nitrogens with zero attached hydrogens (tertiary/aromatic N) is 2. The maximum atomic E-state index is 13.1. The Kier molecular flexibility index (Phi) is 6.13. The minimum Gasteiger partial charge on any atom is -0.394 e. The van der Waals surface area contributed by atoms with Gasteiger partial charge in [-0.15, -0.1) is 0 Å². The van der Waals surface area contributed by atoms with E-state index in [4.69, 9.17) is 0 Å². The topological polar surface area (TPSA) is 72.9 Å². The Bertz CT molecular complexity index is 1080. The highest BCUT2D eigenvalue weighted by molar-refractivity contribution is 6.00. The zero-order valence-electron chi connectivity index (χ0n) is 17.0. The molecule has 31 heavy (non-hydrogen) atoms. The average Bonchev–Trinajstić information content (AvgIpc) is 2.82. The van der Waals surface area contributed by atoms with Gasteiger partial charge in [-0.2, -0.15) is 0 Å². The minimum atomic E-state index is -1.00. The molecule has 2 amide bonds. The number of hydrogen-bond acceptors (Lipinski definition) is 4. The largest absolute Gasteiger partial charge is 0.394 e. The van der Waals surface area contributed by atoms with Crippen molar-refractivity contribution in [1.82, 2.24) is 10.2 Å². The second-order valence-corrected chi connectivity index (χ2v) is 7.56. The first-order valence-corrected chi connectivity index (χ1v) is 10.2. The Labute approximate surface area is 179 Å². The van der Waals surface area contributed by atoms with Crippen molar-refractivity contribution in [2.24, 2.45) is 0 Å². The zero-order chi connectivity index (χ0) is 21.8. The third kappa shape index (κ3) is 4.67. The molecule has 4 rings (SSSR count). The number of carbonyl (C=O) groups is 2. The molecule has 1 fully saturated rings. The lowest BCUT2D eigenvalue weighted by atomic mass is 10.1. The van der Waals surface area contributed by atoms with Crippen LogP contribution >= 0.6 is 0 Å². The van der Waals surface area contributed by atoms with E-state index in [1.165, 1.54) is 12.1 Å². The Morgan fingerprint density at radius 2 is 1.61 bits per heavy atom. The number of anilines is 1. The van der Waals surface area contributed by atoms with E-state index in [0.29, 0.717) is 31.7 Å². The standard InChI is InChI=1S/C24H24FN3O3/c25-20-7-9-21(10-8-20)27-11-13-28(14-12-27)24(31)22(16-29)26-23(30)19-6-5-17-3-1-2-4-18(17)15-19/h1-10,15,22,29H,11-14,16H2,(H,26,30). The van der Waals surface area contributed by atoms with Crippen molar-refractivity contribution in [2.45, 2.75) is 6.04 Å². The van der Waals surface area contributed by atoms with Crippen molar-refractivity contribution in [2.75, 3.05) is 37.7 Å². The number of rotatable bonds is 5. The average molecular weight is 421 g/mol. The summed E-state index contributed by atoms with van der Waals surface area (Å²) in [4.78, 5) is 29.3. The predicted octanol–water partition coefficient (Wildman–Crippen LogP) is 2.42. The molecule has 0 saturated carbocycles. The van der Waals surface area contributed by atoms with Crippen LogP contribution in [0.15, 0.2) is 66.7 Å². The van der Waals surface area contributed by atoms with Crippen molar-refractivity contribution >= 4 is 28.3 Å². The molecule has 1 unspecified atom stereocenters. The highest BCUT2D eigenvalue weighted by Gasteiger charge is 2.28. The number of carbonyl (C=O) groups excluding carboxylic acids is 2. The van der Waals surface area contributed by atoms with Crippen LogP contribution in [0.3, 0.4) is 0 Å². The van der Waals surface area contributed by atoms with Gasteiger partial charge in [-0.1, -0.05) is 30.3 Å². The maximum absolute atomic E-state index is 13.1. The second kappa shape index (κ2) is 9.14. The molecule has 0 radical (unpaired) electrons. The fourth-order valence-electron chi connectivity index (χ4n) is 3.81. The van der Waals surface area contributed by atoms with E-state index < -0.39 is 18.6 Å². The van der Waals surface area contributed by atoms with E-state index in [1.807, 2.05) is 30.3 Å². The first-order valence-electron chi connectivity index (χ1n) is 10.2. The SMILES string of the molecule is O=C(NC(CO)C(=O)N1CCN(c2ccc(F)cc2)CC1)c1ccc2ccccc2c1. The number of benzene rings is 3. The van der Waals surface area contributed by atoms with Gasteiger partial charge in [0, 0.05) is 37.4 Å². The minimum absolute atomic E-state index is 0.287. The molecule has 0 aliphatic carbocycles. The molecule has 1 saturated heterocycles. The van der Waals surface area contributed by atoms with Crippen molar-refractivity contribution in [3.05, 3.63) is 78.1 Å². The number of aliphatic hydroxyl groups is 1. The van der Waals surface area contributed by atoms with Crippen LogP contribution in [0.25, 0.3) is 10.8 Å². The normalized spacial score (nSPS) is 15.0. The van der Waals surface area contributed by atoms with Crippen molar-refractivity contribution in [3.63, 3.8) is 0 Å². The van der Waals surface area contributed by atoms with E-state index in [0.717, 1.165) is 16.5 Å². The quantitative estimate of drug-likeness (QED) is 0.664. The summed E-state index contributed by atoms with van der Waals surface area (Å²) in [6, 6.07) is 18.3. The van der Waals surface area contributed by atoms with Gasteiger partial charge in [-0.3, -0.25) is 9.59 Å². The van der Waals surface area contributed by atoms with Gasteiger partial charge in [0.05, 0.1) is 6.61 Å². The van der Waals surface area contributed by atoms with E-state index in [2.05, 4.69) is 10.2 Å². The fraction of sp³-hybridized carbons (Fsp3) is 0.250. The molecule has 1 aliphatic rings. The van der Waals surface area contributed by atoms with Gasteiger partial charge in [0.25, 0.3) is 5.91 Å². The molecule has 1 aliphatic heterocycles. The van der Waals surface area contributed by atoms with Gasteiger partial charge >= 0.3 is 0 Å². The highest BCUT2D eigenvalue weighted by atomic mass is 19.1. The summed E-state index contributed by atoms with van der Waals surface area (Å²) < 4.78 is 13.1. The Hall–Kier alpha value is -3.45. The molecule has 2 N–H and O–H groups in total. The predicted molar refractivity (Wildman–Crippen MR) is 117 cm³/mol. The summed E-state index contributed by atoms with van der Waals surface area (Å²) in [5.74, 6) is -0.996. The maximum Gasteiger partial charge on any atom is 0.252 e. The molecule has 3 aromatic rings. The van der Waals surface area contributed by atoms with Crippen LogP contribution in [0.2, 0.25) is 0 Å². The van der Waals surface area contributed by atoms with Gasteiger partial charge in [-0.05, 0) is 47.2 Å².